The van der Waals surface area contributed by atoms with Crippen molar-refractivity contribution in [2.24, 2.45) is 0 Å². The number of amides is 1. The molecule has 2 N–H and O–H groups in total. The summed E-state index contributed by atoms with van der Waals surface area (Å²) in [5.74, 6) is 0.636. The maximum Gasteiger partial charge on any atom is 0.243 e. The first-order chi connectivity index (χ1) is 18.7. The summed E-state index contributed by atoms with van der Waals surface area (Å²) in [4.78, 5) is 21.5. The summed E-state index contributed by atoms with van der Waals surface area (Å²) in [5.41, 5.74) is 3.35. The number of carbonyl (C=O) groups is 1. The average molecular weight is 568 g/mol. The van der Waals surface area contributed by atoms with Crippen LogP contribution in [0.5, 0.6) is 5.75 Å². The fraction of sp³-hybridized carbons (Fsp3) is 0.250. The summed E-state index contributed by atoms with van der Waals surface area (Å²) in [5, 5.41) is 7.47. The van der Waals surface area contributed by atoms with Gasteiger partial charge >= 0.3 is 0 Å². The highest BCUT2D eigenvalue weighted by molar-refractivity contribution is 7.89. The Morgan fingerprint density at radius 3 is 2.51 bits per heavy atom. The predicted octanol–water partition coefficient (Wildman–Crippen LogP) is 5.04. The van der Waals surface area contributed by atoms with E-state index in [-0.39, 0.29) is 30.3 Å². The van der Waals surface area contributed by atoms with Gasteiger partial charge in [0.2, 0.25) is 15.9 Å². The second kappa shape index (κ2) is 12.4. The van der Waals surface area contributed by atoms with Crippen LogP contribution in [0, 0.1) is 13.8 Å². The van der Waals surface area contributed by atoms with Gasteiger partial charge < -0.3 is 15.4 Å². The number of aromatic nitrogens is 2. The number of halogens is 1. The van der Waals surface area contributed by atoms with Gasteiger partial charge in [-0.1, -0.05) is 11.6 Å². The van der Waals surface area contributed by atoms with E-state index in [0.717, 1.165) is 27.8 Å². The molecule has 39 heavy (non-hydrogen) atoms. The van der Waals surface area contributed by atoms with Crippen LogP contribution in [0.3, 0.4) is 0 Å². The second-order valence-corrected chi connectivity index (χ2v) is 11.4. The first-order valence-corrected chi connectivity index (χ1v) is 14.1. The lowest BCUT2D eigenvalue weighted by atomic mass is 10.1. The van der Waals surface area contributed by atoms with Crippen molar-refractivity contribution >= 4 is 49.9 Å². The molecule has 4 aromatic rings. The molecule has 0 aliphatic heterocycles. The van der Waals surface area contributed by atoms with Gasteiger partial charge in [0.25, 0.3) is 0 Å². The van der Waals surface area contributed by atoms with Crippen LogP contribution in [0.1, 0.15) is 17.7 Å². The molecule has 0 spiro atoms. The third kappa shape index (κ3) is 7.23. The SMILES string of the molecule is COc1ccc(S(=O)(=O)N(CCNc2cc(C)nc3ccc(Cl)cc23)CCC(=O)Nc2cc(C)ccn2)cc1. The topological polar surface area (TPSA) is 114 Å². The molecule has 0 bridgehead atoms. The van der Waals surface area contributed by atoms with Crippen LogP contribution in [0.25, 0.3) is 10.9 Å². The van der Waals surface area contributed by atoms with Crippen molar-refractivity contribution in [2.75, 3.05) is 37.4 Å². The number of pyridine rings is 2. The molecule has 0 atom stereocenters. The molecule has 2 aromatic heterocycles. The molecule has 0 aliphatic carbocycles. The standard InChI is InChI=1S/C28H30ClN5O4S/c1-19-10-12-31-27(16-19)33-28(35)11-14-34(39(36,37)23-7-5-22(38-3)6-8-23)15-13-30-26-17-20(2)32-25-9-4-21(29)18-24(25)26/h4-10,12,16-18H,11,13-15H2,1-3H3,(H,30,32)(H,31,33,35). The third-order valence-electron chi connectivity index (χ3n) is 6.04. The van der Waals surface area contributed by atoms with Gasteiger partial charge in [-0.15, -0.1) is 0 Å². The van der Waals surface area contributed by atoms with Gasteiger partial charge in [0.15, 0.2) is 0 Å². The van der Waals surface area contributed by atoms with E-state index in [4.69, 9.17) is 16.3 Å². The maximum absolute atomic E-state index is 13.6. The Hall–Kier alpha value is -3.73. The molecule has 1 amide bonds. The molecule has 0 unspecified atom stereocenters. The zero-order valence-corrected chi connectivity index (χ0v) is 23.5. The average Bonchev–Trinajstić information content (AvgIpc) is 2.90. The van der Waals surface area contributed by atoms with Crippen molar-refractivity contribution in [3.63, 3.8) is 0 Å². The van der Waals surface area contributed by atoms with Gasteiger partial charge in [0.1, 0.15) is 11.6 Å². The van der Waals surface area contributed by atoms with Gasteiger partial charge in [-0.2, -0.15) is 4.31 Å². The number of methoxy groups -OCH3 is 1. The molecule has 9 nitrogen and oxygen atoms in total. The van der Waals surface area contributed by atoms with Crippen LogP contribution in [-0.4, -0.2) is 55.3 Å². The van der Waals surface area contributed by atoms with E-state index in [1.54, 1.807) is 30.5 Å². The van der Waals surface area contributed by atoms with Gasteiger partial charge in [0.05, 0.1) is 17.5 Å². The summed E-state index contributed by atoms with van der Waals surface area (Å²) in [6, 6.07) is 17.1. The molecule has 0 radical (unpaired) electrons. The third-order valence-corrected chi connectivity index (χ3v) is 8.19. The number of rotatable bonds is 11. The molecule has 0 saturated heterocycles. The lowest BCUT2D eigenvalue weighted by molar-refractivity contribution is -0.116. The van der Waals surface area contributed by atoms with Crippen molar-refractivity contribution in [3.8, 4) is 5.75 Å². The fourth-order valence-corrected chi connectivity index (χ4v) is 5.69. The summed E-state index contributed by atoms with van der Waals surface area (Å²) in [6.45, 7) is 4.18. The molecule has 11 heteroatoms. The minimum Gasteiger partial charge on any atom is -0.497 e. The molecular formula is C28H30ClN5O4S. The Kier molecular flexibility index (Phi) is 9.01. The minimum atomic E-state index is -3.90. The molecule has 0 aliphatic rings. The number of carbonyl (C=O) groups excluding carboxylic acids is 1. The van der Waals surface area contributed by atoms with Crippen molar-refractivity contribution in [1.29, 1.82) is 0 Å². The number of nitrogens with one attached hydrogen (secondary N) is 2. The van der Waals surface area contributed by atoms with E-state index < -0.39 is 10.0 Å². The lowest BCUT2D eigenvalue weighted by Crippen LogP contribution is -2.37. The highest BCUT2D eigenvalue weighted by Gasteiger charge is 2.25. The highest BCUT2D eigenvalue weighted by atomic mass is 35.5. The number of sulfonamides is 1. The van der Waals surface area contributed by atoms with Crippen molar-refractivity contribution in [2.45, 2.75) is 25.2 Å². The van der Waals surface area contributed by atoms with E-state index in [0.29, 0.717) is 23.1 Å². The van der Waals surface area contributed by atoms with Crippen LogP contribution < -0.4 is 15.4 Å². The van der Waals surface area contributed by atoms with E-state index in [2.05, 4.69) is 20.6 Å². The quantitative estimate of drug-likeness (QED) is 0.261. The van der Waals surface area contributed by atoms with E-state index in [9.17, 15) is 13.2 Å². The number of benzene rings is 2. The first kappa shape index (κ1) is 28.3. The van der Waals surface area contributed by atoms with Crippen LogP contribution in [0.4, 0.5) is 11.5 Å². The predicted molar refractivity (Wildman–Crippen MR) is 154 cm³/mol. The number of anilines is 2. The van der Waals surface area contributed by atoms with Gasteiger partial charge in [-0.25, -0.2) is 13.4 Å². The van der Waals surface area contributed by atoms with Crippen LogP contribution in [0.2, 0.25) is 5.02 Å². The zero-order chi connectivity index (χ0) is 28.0. The van der Waals surface area contributed by atoms with Crippen LogP contribution in [-0.2, 0) is 14.8 Å². The van der Waals surface area contributed by atoms with Crippen molar-refractivity contribution in [3.05, 3.63) is 83.1 Å². The highest BCUT2D eigenvalue weighted by Crippen LogP contribution is 2.26. The van der Waals surface area contributed by atoms with Gasteiger partial charge in [-0.3, -0.25) is 9.78 Å². The minimum absolute atomic E-state index is 0.0182. The van der Waals surface area contributed by atoms with Crippen molar-refractivity contribution < 1.29 is 17.9 Å². The van der Waals surface area contributed by atoms with Crippen molar-refractivity contribution in [1.82, 2.24) is 14.3 Å². The number of fused-ring (bicyclic) bond motifs is 1. The molecule has 0 saturated carbocycles. The Morgan fingerprint density at radius 2 is 1.79 bits per heavy atom. The van der Waals surface area contributed by atoms with E-state index in [1.165, 1.54) is 23.5 Å². The Bertz CT molecular complexity index is 1580. The Balaban J connectivity index is 1.52. The summed E-state index contributed by atoms with van der Waals surface area (Å²) in [6.07, 6.45) is 1.56. The smallest absolute Gasteiger partial charge is 0.243 e. The number of nitrogens with zero attached hydrogens (tertiary/aromatic N) is 3. The first-order valence-electron chi connectivity index (χ1n) is 12.3. The van der Waals surface area contributed by atoms with E-state index >= 15 is 0 Å². The molecule has 2 aromatic carbocycles. The fourth-order valence-electron chi connectivity index (χ4n) is 4.08. The number of hydrogen-bond acceptors (Lipinski definition) is 7. The molecular weight excluding hydrogens is 538 g/mol. The largest absolute Gasteiger partial charge is 0.497 e. The number of hydrogen-bond donors (Lipinski definition) is 2. The number of ether oxygens (including phenoxy) is 1. The molecule has 4 rings (SSSR count). The Labute approximate surface area is 233 Å². The molecule has 2 heterocycles. The summed E-state index contributed by atoms with van der Waals surface area (Å²) >= 11 is 6.21. The second-order valence-electron chi connectivity index (χ2n) is 9.00. The normalized spacial score (nSPS) is 11.5. The molecule has 204 valence electrons. The monoisotopic (exact) mass is 567 g/mol. The number of aryl methyl sites for hydroxylation is 2. The van der Waals surface area contributed by atoms with Crippen LogP contribution in [0.15, 0.2) is 71.8 Å². The van der Waals surface area contributed by atoms with Gasteiger partial charge in [-0.05, 0) is 80.1 Å². The summed E-state index contributed by atoms with van der Waals surface area (Å²) in [7, 11) is -2.39. The lowest BCUT2D eigenvalue weighted by Gasteiger charge is -2.23. The van der Waals surface area contributed by atoms with E-state index in [1.807, 2.05) is 38.1 Å². The van der Waals surface area contributed by atoms with Crippen LogP contribution >= 0.6 is 11.6 Å². The summed E-state index contributed by atoms with van der Waals surface area (Å²) < 4.78 is 33.6. The Morgan fingerprint density at radius 1 is 1.03 bits per heavy atom. The zero-order valence-electron chi connectivity index (χ0n) is 21.9. The molecule has 0 fully saturated rings. The van der Waals surface area contributed by atoms with Gasteiger partial charge in [0, 0.05) is 54.0 Å². The maximum atomic E-state index is 13.6.